The molecule has 4 nitrogen and oxygen atoms in total. The summed E-state index contributed by atoms with van der Waals surface area (Å²) in [5, 5.41) is 3.18. The minimum atomic E-state index is -0.296. The average Bonchev–Trinajstić information content (AvgIpc) is 2.69. The van der Waals surface area contributed by atoms with Crippen LogP contribution in [0.25, 0.3) is 0 Å². The third-order valence-electron chi connectivity index (χ3n) is 5.95. The molecule has 146 valence electrons. The average molecular weight is 380 g/mol. The molecule has 2 aromatic carbocycles. The highest BCUT2D eigenvalue weighted by molar-refractivity contribution is 5.97. The van der Waals surface area contributed by atoms with Crippen molar-refractivity contribution in [3.63, 3.8) is 0 Å². The molecule has 0 unspecified atom stereocenters. The number of hydrogen-bond acceptors (Lipinski definition) is 2. The Hall–Kier alpha value is -2.69. The molecule has 28 heavy (non-hydrogen) atoms. The molecule has 2 amide bonds. The van der Waals surface area contributed by atoms with Gasteiger partial charge in [0.2, 0.25) is 11.8 Å². The second-order valence-corrected chi connectivity index (χ2v) is 7.83. The lowest BCUT2D eigenvalue weighted by atomic mass is 9.80. The molecule has 1 heterocycles. The van der Waals surface area contributed by atoms with Gasteiger partial charge in [0.15, 0.2) is 0 Å². The van der Waals surface area contributed by atoms with E-state index in [1.54, 1.807) is 11.0 Å². The first kappa shape index (κ1) is 18.7. The van der Waals surface area contributed by atoms with Gasteiger partial charge in [-0.15, -0.1) is 0 Å². The van der Waals surface area contributed by atoms with Crippen molar-refractivity contribution in [3.05, 3.63) is 65.0 Å². The normalized spacial score (nSPS) is 21.1. The van der Waals surface area contributed by atoms with Crippen LogP contribution in [-0.4, -0.2) is 18.4 Å². The van der Waals surface area contributed by atoms with E-state index in [1.807, 2.05) is 12.1 Å². The molecule has 0 saturated heterocycles. The number of fused-ring (bicyclic) bond motifs is 2. The summed E-state index contributed by atoms with van der Waals surface area (Å²) < 4.78 is 13.5. The Bertz CT molecular complexity index is 911. The Morgan fingerprint density at radius 3 is 2.82 bits per heavy atom. The van der Waals surface area contributed by atoms with Crippen molar-refractivity contribution in [1.82, 2.24) is 5.32 Å². The molecule has 2 atom stereocenters. The fourth-order valence-electron chi connectivity index (χ4n) is 4.37. The third kappa shape index (κ3) is 3.66. The highest BCUT2D eigenvalue weighted by Crippen LogP contribution is 2.34. The predicted molar refractivity (Wildman–Crippen MR) is 107 cm³/mol. The Labute approximate surface area is 164 Å². The van der Waals surface area contributed by atoms with Gasteiger partial charge in [-0.05, 0) is 60.1 Å². The molecule has 0 spiro atoms. The van der Waals surface area contributed by atoms with E-state index in [2.05, 4.69) is 24.4 Å². The summed E-state index contributed by atoms with van der Waals surface area (Å²) in [6.07, 6.45) is 3.22. The van der Waals surface area contributed by atoms with E-state index in [-0.39, 0.29) is 30.1 Å². The minimum absolute atomic E-state index is 0.0101. The van der Waals surface area contributed by atoms with Crippen LogP contribution in [0.4, 0.5) is 10.1 Å². The lowest BCUT2D eigenvalue weighted by Crippen LogP contribution is -2.40. The Balaban J connectivity index is 1.44. The predicted octanol–water partition coefficient (Wildman–Crippen LogP) is 3.93. The number of hydrogen-bond donors (Lipinski definition) is 1. The number of nitrogens with one attached hydrogen (secondary N) is 1. The van der Waals surface area contributed by atoms with Crippen LogP contribution in [0.5, 0.6) is 0 Å². The van der Waals surface area contributed by atoms with Gasteiger partial charge >= 0.3 is 0 Å². The number of halogens is 1. The third-order valence-corrected chi connectivity index (χ3v) is 5.95. The number of benzene rings is 2. The second kappa shape index (κ2) is 7.74. The monoisotopic (exact) mass is 380 g/mol. The molecule has 0 fully saturated rings. The topological polar surface area (TPSA) is 49.4 Å². The molecular formula is C23H25FN2O2. The SMILES string of the molecule is C[C@H]1CCc2ccccc2[C@@H]1NC(=O)CCN1C(=O)CCc2cc(F)ccc21. The van der Waals surface area contributed by atoms with Crippen LogP contribution in [0.15, 0.2) is 42.5 Å². The van der Waals surface area contributed by atoms with Crippen LogP contribution in [0.3, 0.4) is 0 Å². The smallest absolute Gasteiger partial charge is 0.227 e. The zero-order valence-corrected chi connectivity index (χ0v) is 16.1. The molecule has 4 rings (SSSR count). The highest BCUT2D eigenvalue weighted by Gasteiger charge is 2.29. The number of rotatable bonds is 4. The first-order chi connectivity index (χ1) is 13.5. The van der Waals surface area contributed by atoms with Gasteiger partial charge in [-0.3, -0.25) is 9.59 Å². The number of aryl methyl sites for hydroxylation is 2. The summed E-state index contributed by atoms with van der Waals surface area (Å²) in [5.74, 6) is 0.00814. The Morgan fingerprint density at radius 1 is 1.14 bits per heavy atom. The lowest BCUT2D eigenvalue weighted by molar-refractivity contribution is -0.122. The molecule has 1 aliphatic heterocycles. The number of nitrogens with zero attached hydrogens (tertiary/aromatic N) is 1. The van der Waals surface area contributed by atoms with Gasteiger partial charge in [0.05, 0.1) is 6.04 Å². The number of anilines is 1. The van der Waals surface area contributed by atoms with Gasteiger partial charge in [0, 0.05) is 25.1 Å². The summed E-state index contributed by atoms with van der Waals surface area (Å²) in [6, 6.07) is 12.8. The highest BCUT2D eigenvalue weighted by atomic mass is 19.1. The van der Waals surface area contributed by atoms with Crippen LogP contribution in [0.2, 0.25) is 0 Å². The quantitative estimate of drug-likeness (QED) is 0.874. The van der Waals surface area contributed by atoms with Crippen molar-refractivity contribution in [2.45, 2.75) is 45.1 Å². The molecule has 1 N–H and O–H groups in total. The maximum Gasteiger partial charge on any atom is 0.227 e. The molecule has 0 aromatic heterocycles. The van der Waals surface area contributed by atoms with E-state index >= 15 is 0 Å². The van der Waals surface area contributed by atoms with Gasteiger partial charge in [0.25, 0.3) is 0 Å². The molecule has 5 heteroatoms. The molecular weight excluding hydrogens is 355 g/mol. The molecule has 1 aliphatic carbocycles. The van der Waals surface area contributed by atoms with Gasteiger partial charge < -0.3 is 10.2 Å². The first-order valence-corrected chi connectivity index (χ1v) is 9.99. The van der Waals surface area contributed by atoms with Crippen molar-refractivity contribution in [3.8, 4) is 0 Å². The van der Waals surface area contributed by atoms with Gasteiger partial charge in [0.1, 0.15) is 5.82 Å². The van der Waals surface area contributed by atoms with Crippen LogP contribution < -0.4 is 10.2 Å². The largest absolute Gasteiger partial charge is 0.349 e. The van der Waals surface area contributed by atoms with Crippen molar-refractivity contribution in [2.24, 2.45) is 5.92 Å². The summed E-state index contributed by atoms with van der Waals surface area (Å²) in [4.78, 5) is 26.7. The summed E-state index contributed by atoms with van der Waals surface area (Å²) in [7, 11) is 0. The standard InChI is InChI=1S/C23H25FN2O2/c1-15-6-7-16-4-2-3-5-19(16)23(15)25-21(27)12-13-26-20-10-9-18(24)14-17(20)8-11-22(26)28/h2-5,9-10,14-15,23H,6-8,11-13H2,1H3,(H,25,27)/t15-,23+/m0/s1. The fourth-order valence-corrected chi connectivity index (χ4v) is 4.37. The van der Waals surface area contributed by atoms with Crippen LogP contribution in [-0.2, 0) is 22.4 Å². The van der Waals surface area contributed by atoms with Crippen LogP contribution in [0.1, 0.15) is 48.9 Å². The van der Waals surface area contributed by atoms with E-state index in [9.17, 15) is 14.0 Å². The van der Waals surface area contributed by atoms with Crippen molar-refractivity contribution in [2.75, 3.05) is 11.4 Å². The van der Waals surface area contributed by atoms with Gasteiger partial charge in [-0.2, -0.15) is 0 Å². The Kier molecular flexibility index (Phi) is 5.16. The van der Waals surface area contributed by atoms with E-state index in [0.717, 1.165) is 24.1 Å². The lowest BCUT2D eigenvalue weighted by Gasteiger charge is -2.33. The zero-order chi connectivity index (χ0) is 19.7. The van der Waals surface area contributed by atoms with Gasteiger partial charge in [-0.25, -0.2) is 4.39 Å². The molecule has 0 radical (unpaired) electrons. The molecule has 0 saturated carbocycles. The zero-order valence-electron chi connectivity index (χ0n) is 16.1. The molecule has 2 aromatic rings. The van der Waals surface area contributed by atoms with Crippen molar-refractivity contribution in [1.29, 1.82) is 0 Å². The summed E-state index contributed by atoms with van der Waals surface area (Å²) in [5.41, 5.74) is 4.05. The second-order valence-electron chi connectivity index (χ2n) is 7.83. The van der Waals surface area contributed by atoms with Crippen LogP contribution in [0, 0.1) is 11.7 Å². The summed E-state index contributed by atoms with van der Waals surface area (Å²) in [6.45, 7) is 2.48. The maximum absolute atomic E-state index is 13.5. The first-order valence-electron chi connectivity index (χ1n) is 9.99. The van der Waals surface area contributed by atoms with Crippen molar-refractivity contribution < 1.29 is 14.0 Å². The van der Waals surface area contributed by atoms with Gasteiger partial charge in [-0.1, -0.05) is 31.2 Å². The minimum Gasteiger partial charge on any atom is -0.349 e. The number of carbonyl (C=O) groups is 2. The Morgan fingerprint density at radius 2 is 1.96 bits per heavy atom. The van der Waals surface area contributed by atoms with E-state index in [1.165, 1.54) is 23.3 Å². The number of amides is 2. The van der Waals surface area contributed by atoms with E-state index in [4.69, 9.17) is 0 Å². The fraction of sp³-hybridized carbons (Fsp3) is 0.391. The summed E-state index contributed by atoms with van der Waals surface area (Å²) >= 11 is 0. The maximum atomic E-state index is 13.5. The van der Waals surface area contributed by atoms with Crippen molar-refractivity contribution >= 4 is 17.5 Å². The molecule has 2 aliphatic rings. The molecule has 0 bridgehead atoms. The van der Waals surface area contributed by atoms with E-state index in [0.29, 0.717) is 25.3 Å². The number of carbonyl (C=O) groups excluding carboxylic acids is 2. The van der Waals surface area contributed by atoms with Crippen LogP contribution >= 0.6 is 0 Å². The van der Waals surface area contributed by atoms with E-state index < -0.39 is 0 Å².